The van der Waals surface area contributed by atoms with Crippen LogP contribution in [-0.2, 0) is 14.8 Å². The Labute approximate surface area is 171 Å². The van der Waals surface area contributed by atoms with Gasteiger partial charge < -0.3 is 4.74 Å². The normalized spacial score (nSPS) is 16.9. The van der Waals surface area contributed by atoms with Gasteiger partial charge in [0, 0.05) is 13.1 Å². The van der Waals surface area contributed by atoms with Crippen molar-refractivity contribution in [2.75, 3.05) is 26.0 Å². The zero-order valence-electron chi connectivity index (χ0n) is 16.3. The van der Waals surface area contributed by atoms with Gasteiger partial charge in [-0.1, -0.05) is 48.5 Å². The molecule has 2 N–H and O–H groups in total. The molecular formula is C21H26N2O5S. The summed E-state index contributed by atoms with van der Waals surface area (Å²) in [7, 11) is -2.04. The van der Waals surface area contributed by atoms with Gasteiger partial charge in [-0.25, -0.2) is 18.2 Å². The van der Waals surface area contributed by atoms with Crippen molar-refractivity contribution in [3.05, 3.63) is 65.7 Å². The molecule has 0 saturated carbocycles. The number of hydrogen-bond acceptors (Lipinski definition) is 5. The van der Waals surface area contributed by atoms with E-state index in [0.717, 1.165) is 11.3 Å². The molecule has 1 atom stereocenters. The lowest BCUT2D eigenvalue weighted by molar-refractivity contribution is -0.130. The first-order valence-electron chi connectivity index (χ1n) is 9.56. The highest BCUT2D eigenvalue weighted by atomic mass is 32.2. The number of nitrogens with one attached hydrogen (secondary N) is 1. The van der Waals surface area contributed by atoms with Crippen molar-refractivity contribution in [1.82, 2.24) is 9.79 Å². The second-order valence-corrected chi connectivity index (χ2v) is 9.15. The average molecular weight is 419 g/mol. The fourth-order valence-corrected chi connectivity index (χ4v) is 5.59. The molecule has 2 aromatic carbocycles. The van der Waals surface area contributed by atoms with E-state index in [9.17, 15) is 13.2 Å². The molecule has 1 saturated heterocycles. The Balaban J connectivity index is 1.71. The summed E-state index contributed by atoms with van der Waals surface area (Å²) in [4.78, 5) is 12.1. The van der Waals surface area contributed by atoms with Crippen molar-refractivity contribution >= 4 is 15.9 Å². The van der Waals surface area contributed by atoms with E-state index >= 15 is 0 Å². The minimum absolute atomic E-state index is 0.225. The van der Waals surface area contributed by atoms with Crippen LogP contribution in [0.4, 0.5) is 0 Å². The molecular weight excluding hydrogens is 392 g/mol. The molecule has 1 unspecified atom stereocenters. The van der Waals surface area contributed by atoms with Crippen LogP contribution < -0.4 is 10.2 Å². The summed E-state index contributed by atoms with van der Waals surface area (Å²) in [6, 6.07) is 16.4. The smallest absolute Gasteiger partial charge is 0.251 e. The summed E-state index contributed by atoms with van der Waals surface area (Å²) in [5.74, 6) is -1.05. The molecule has 0 aromatic heterocycles. The second-order valence-electron chi connectivity index (χ2n) is 7.13. The molecule has 3 rings (SSSR count). The van der Waals surface area contributed by atoms with Crippen LogP contribution >= 0.6 is 0 Å². The number of hydroxylamine groups is 1. The Kier molecular flexibility index (Phi) is 6.89. The van der Waals surface area contributed by atoms with Crippen molar-refractivity contribution in [3.8, 4) is 5.75 Å². The number of ether oxygens (including phenoxy) is 1. The molecule has 2 aromatic rings. The van der Waals surface area contributed by atoms with Crippen molar-refractivity contribution in [2.45, 2.75) is 24.7 Å². The fourth-order valence-electron chi connectivity index (χ4n) is 3.85. The highest BCUT2D eigenvalue weighted by Gasteiger charge is 2.34. The Morgan fingerprint density at radius 1 is 1.14 bits per heavy atom. The molecule has 156 valence electrons. The van der Waals surface area contributed by atoms with Gasteiger partial charge in [-0.3, -0.25) is 10.0 Å². The lowest BCUT2D eigenvalue weighted by atomic mass is 9.89. The molecule has 0 radical (unpaired) electrons. The number of piperidine rings is 1. The third-order valence-electron chi connectivity index (χ3n) is 5.43. The first kappa shape index (κ1) is 21.3. The van der Waals surface area contributed by atoms with Gasteiger partial charge in [0.2, 0.25) is 10.0 Å². The van der Waals surface area contributed by atoms with E-state index < -0.39 is 21.8 Å². The molecule has 8 heteroatoms. The van der Waals surface area contributed by atoms with E-state index in [1.54, 1.807) is 42.9 Å². The molecule has 1 aliphatic heterocycles. The van der Waals surface area contributed by atoms with Gasteiger partial charge in [-0.15, -0.1) is 0 Å². The Hall–Kier alpha value is -2.42. The predicted molar refractivity (Wildman–Crippen MR) is 109 cm³/mol. The summed E-state index contributed by atoms with van der Waals surface area (Å²) < 4.78 is 32.9. The average Bonchev–Trinajstić information content (AvgIpc) is 2.77. The molecule has 1 amide bonds. The van der Waals surface area contributed by atoms with Gasteiger partial charge in [0.1, 0.15) is 5.75 Å². The first-order valence-corrected chi connectivity index (χ1v) is 11.2. The van der Waals surface area contributed by atoms with E-state index in [1.165, 1.54) is 4.31 Å². The highest BCUT2D eigenvalue weighted by Crippen LogP contribution is 2.35. The lowest BCUT2D eigenvalue weighted by Crippen LogP contribution is -2.42. The number of carbonyl (C=O) groups excluding carboxylic acids is 1. The van der Waals surface area contributed by atoms with E-state index in [1.807, 2.05) is 24.3 Å². The summed E-state index contributed by atoms with van der Waals surface area (Å²) in [5, 5.41) is 9.06. The van der Waals surface area contributed by atoms with E-state index in [2.05, 4.69) is 0 Å². The van der Waals surface area contributed by atoms with Crippen molar-refractivity contribution < 1.29 is 23.2 Å². The SMILES string of the molecule is COc1ccccc1C1CCN(S(=O)(=O)CC(C(=O)NO)c2ccccc2)CC1. The monoisotopic (exact) mass is 418 g/mol. The molecule has 1 aliphatic rings. The zero-order chi connectivity index (χ0) is 20.9. The Morgan fingerprint density at radius 2 is 1.76 bits per heavy atom. The fraction of sp³-hybridized carbons (Fsp3) is 0.381. The Bertz CT molecular complexity index is 925. The van der Waals surface area contributed by atoms with Crippen LogP contribution in [-0.4, -0.2) is 49.8 Å². The number of hydrogen-bond donors (Lipinski definition) is 2. The quantitative estimate of drug-likeness (QED) is 0.532. The van der Waals surface area contributed by atoms with Gasteiger partial charge in [-0.2, -0.15) is 0 Å². The van der Waals surface area contributed by atoms with Crippen molar-refractivity contribution in [1.29, 1.82) is 0 Å². The number of para-hydroxylation sites is 1. The topological polar surface area (TPSA) is 95.9 Å². The van der Waals surface area contributed by atoms with E-state index in [4.69, 9.17) is 9.94 Å². The summed E-state index contributed by atoms with van der Waals surface area (Å²) in [5.41, 5.74) is 3.23. The van der Waals surface area contributed by atoms with Crippen LogP contribution in [0.5, 0.6) is 5.75 Å². The summed E-state index contributed by atoms with van der Waals surface area (Å²) in [6.45, 7) is 0.764. The highest BCUT2D eigenvalue weighted by molar-refractivity contribution is 7.89. The van der Waals surface area contributed by atoms with Crippen LogP contribution in [0.2, 0.25) is 0 Å². The number of rotatable bonds is 7. The largest absolute Gasteiger partial charge is 0.496 e. The third kappa shape index (κ3) is 4.95. The number of amides is 1. The van der Waals surface area contributed by atoms with Crippen molar-refractivity contribution in [3.63, 3.8) is 0 Å². The molecule has 29 heavy (non-hydrogen) atoms. The maximum atomic E-state index is 13.0. The number of benzene rings is 2. The van der Waals surface area contributed by atoms with E-state index in [0.29, 0.717) is 31.5 Å². The van der Waals surface area contributed by atoms with Gasteiger partial charge in [0.25, 0.3) is 5.91 Å². The number of carbonyl (C=O) groups is 1. The maximum Gasteiger partial charge on any atom is 0.251 e. The summed E-state index contributed by atoms with van der Waals surface area (Å²) >= 11 is 0. The third-order valence-corrected chi connectivity index (χ3v) is 7.34. The molecule has 0 spiro atoms. The van der Waals surface area contributed by atoms with Crippen molar-refractivity contribution in [2.24, 2.45) is 0 Å². The number of nitrogens with zero attached hydrogens (tertiary/aromatic N) is 1. The first-order chi connectivity index (χ1) is 14.0. The van der Waals surface area contributed by atoms with Gasteiger partial charge in [0.05, 0.1) is 18.8 Å². The number of sulfonamides is 1. The number of methoxy groups -OCH3 is 1. The predicted octanol–water partition coefficient (Wildman–Crippen LogP) is 2.49. The van der Waals surface area contributed by atoms with Crippen LogP contribution in [0.3, 0.4) is 0 Å². The molecule has 1 fully saturated rings. The molecule has 0 bridgehead atoms. The van der Waals surface area contributed by atoms with Crippen LogP contribution in [0.15, 0.2) is 54.6 Å². The zero-order valence-corrected chi connectivity index (χ0v) is 17.1. The van der Waals surface area contributed by atoms with Crippen LogP contribution in [0.25, 0.3) is 0 Å². The standard InChI is InChI=1S/C21H26N2O5S/c1-28-20-10-6-5-9-18(20)17-11-13-23(14-12-17)29(26,27)15-19(21(24)22-25)16-7-3-2-4-8-16/h2-10,17,19,25H,11-15H2,1H3,(H,22,24). The molecule has 0 aliphatic carbocycles. The minimum atomic E-state index is -3.68. The second kappa shape index (κ2) is 9.39. The maximum absolute atomic E-state index is 13.0. The lowest BCUT2D eigenvalue weighted by Gasteiger charge is -2.32. The molecule has 1 heterocycles. The molecule has 7 nitrogen and oxygen atoms in total. The van der Waals surface area contributed by atoms with Crippen LogP contribution in [0, 0.1) is 0 Å². The minimum Gasteiger partial charge on any atom is -0.496 e. The van der Waals surface area contributed by atoms with E-state index in [-0.39, 0.29) is 11.7 Å². The summed E-state index contributed by atoms with van der Waals surface area (Å²) in [6.07, 6.45) is 1.36. The van der Waals surface area contributed by atoms with Gasteiger partial charge >= 0.3 is 0 Å². The van der Waals surface area contributed by atoms with Gasteiger partial charge in [0.15, 0.2) is 0 Å². The van der Waals surface area contributed by atoms with Crippen LogP contribution in [0.1, 0.15) is 35.8 Å². The van der Waals surface area contributed by atoms with Gasteiger partial charge in [-0.05, 0) is 36.0 Å². The Morgan fingerprint density at radius 3 is 2.38 bits per heavy atom.